The van der Waals surface area contributed by atoms with E-state index in [0.717, 1.165) is 0 Å². The lowest BCUT2D eigenvalue weighted by Crippen LogP contribution is -2.25. The number of nitrogens with one attached hydrogen (secondary N) is 2. The molecule has 10 heteroatoms. The highest BCUT2D eigenvalue weighted by molar-refractivity contribution is 7.71. The number of aromatic amines is 1. The molecule has 0 saturated carbocycles. The highest BCUT2D eigenvalue weighted by Crippen LogP contribution is 2.23. The average Bonchev–Trinajstić information content (AvgIpc) is 2.83. The molecule has 1 aromatic carbocycles. The Kier molecular flexibility index (Phi) is 4.51. The van der Waals surface area contributed by atoms with E-state index in [2.05, 4.69) is 15.5 Å². The summed E-state index contributed by atoms with van der Waals surface area (Å²) in [7, 11) is 3.11. The van der Waals surface area contributed by atoms with Gasteiger partial charge in [-0.1, -0.05) is 0 Å². The fourth-order valence-corrected chi connectivity index (χ4v) is 1.93. The van der Waals surface area contributed by atoms with Crippen LogP contribution in [0.5, 0.6) is 5.75 Å². The van der Waals surface area contributed by atoms with Crippen LogP contribution in [0, 0.1) is 14.9 Å². The van der Waals surface area contributed by atoms with E-state index < -0.39 is 10.8 Å². The number of ether oxygens (including phenoxy) is 1. The highest BCUT2D eigenvalue weighted by Gasteiger charge is 2.21. The first-order valence-electron chi connectivity index (χ1n) is 6.15. The molecule has 1 heterocycles. The SMILES string of the molecule is COc1ccc([N+](=O)[O-])c(C(=O)NCc2n[nH]c(=S)n2C)c1. The number of aromatic nitrogens is 3. The molecular formula is C12H13N5O4S. The van der Waals surface area contributed by atoms with Crippen LogP contribution in [-0.2, 0) is 13.6 Å². The number of hydrogen-bond acceptors (Lipinski definition) is 6. The first-order valence-corrected chi connectivity index (χ1v) is 6.55. The van der Waals surface area contributed by atoms with E-state index in [9.17, 15) is 14.9 Å². The molecule has 0 atom stereocenters. The van der Waals surface area contributed by atoms with Crippen molar-refractivity contribution in [3.8, 4) is 5.75 Å². The maximum atomic E-state index is 12.2. The average molecular weight is 323 g/mol. The van der Waals surface area contributed by atoms with Crippen LogP contribution < -0.4 is 10.1 Å². The molecule has 2 N–H and O–H groups in total. The standard InChI is InChI=1S/C12H13N5O4S/c1-16-10(14-15-12(16)22)6-13-11(18)8-5-7(21-2)3-4-9(8)17(19)20/h3-5H,6H2,1-2H3,(H,13,18)(H,15,22). The van der Waals surface area contributed by atoms with Gasteiger partial charge >= 0.3 is 0 Å². The Bertz CT molecular complexity index is 782. The molecule has 0 bridgehead atoms. The molecule has 0 radical (unpaired) electrons. The minimum Gasteiger partial charge on any atom is -0.497 e. The zero-order valence-electron chi connectivity index (χ0n) is 11.8. The van der Waals surface area contributed by atoms with E-state index >= 15 is 0 Å². The van der Waals surface area contributed by atoms with Crippen molar-refractivity contribution in [3.63, 3.8) is 0 Å². The number of hydrogen-bond donors (Lipinski definition) is 2. The summed E-state index contributed by atoms with van der Waals surface area (Å²) < 4.78 is 6.99. The Hall–Kier alpha value is -2.75. The highest BCUT2D eigenvalue weighted by atomic mass is 32.1. The molecule has 9 nitrogen and oxygen atoms in total. The third kappa shape index (κ3) is 3.11. The molecule has 0 aliphatic rings. The van der Waals surface area contributed by atoms with Gasteiger partial charge in [0.15, 0.2) is 10.6 Å². The number of amides is 1. The van der Waals surface area contributed by atoms with Crippen molar-refractivity contribution in [2.24, 2.45) is 7.05 Å². The maximum Gasteiger partial charge on any atom is 0.282 e. The first-order chi connectivity index (χ1) is 10.4. The second-order valence-corrected chi connectivity index (χ2v) is 4.71. The van der Waals surface area contributed by atoms with Crippen LogP contribution in [0.25, 0.3) is 0 Å². The van der Waals surface area contributed by atoms with Gasteiger partial charge in [0.05, 0.1) is 18.6 Å². The molecule has 0 saturated heterocycles. The first kappa shape index (κ1) is 15.6. The third-order valence-corrected chi connectivity index (χ3v) is 3.39. The Morgan fingerprint density at radius 3 is 2.86 bits per heavy atom. The molecule has 22 heavy (non-hydrogen) atoms. The smallest absolute Gasteiger partial charge is 0.282 e. The van der Waals surface area contributed by atoms with Crippen LogP contribution in [0.3, 0.4) is 0 Å². The molecule has 1 amide bonds. The van der Waals surface area contributed by atoms with Gasteiger partial charge in [-0.25, -0.2) is 0 Å². The van der Waals surface area contributed by atoms with Gasteiger partial charge in [-0.15, -0.1) is 0 Å². The minimum atomic E-state index is -0.621. The lowest BCUT2D eigenvalue weighted by Gasteiger charge is -2.07. The summed E-state index contributed by atoms with van der Waals surface area (Å²) in [5.41, 5.74) is -0.380. The lowest BCUT2D eigenvalue weighted by molar-refractivity contribution is -0.385. The van der Waals surface area contributed by atoms with Crippen LogP contribution in [0.1, 0.15) is 16.2 Å². The monoisotopic (exact) mass is 323 g/mol. The number of carbonyl (C=O) groups is 1. The number of nitro groups is 1. The Morgan fingerprint density at radius 1 is 1.59 bits per heavy atom. The normalized spacial score (nSPS) is 10.3. The van der Waals surface area contributed by atoms with Crippen molar-refractivity contribution in [1.29, 1.82) is 0 Å². The van der Waals surface area contributed by atoms with Crippen molar-refractivity contribution in [2.75, 3.05) is 7.11 Å². The van der Waals surface area contributed by atoms with E-state index in [4.69, 9.17) is 17.0 Å². The van der Waals surface area contributed by atoms with Crippen molar-refractivity contribution < 1.29 is 14.5 Å². The zero-order chi connectivity index (χ0) is 16.3. The molecule has 0 aliphatic heterocycles. The Morgan fingerprint density at radius 2 is 2.32 bits per heavy atom. The molecule has 116 valence electrons. The van der Waals surface area contributed by atoms with Gasteiger partial charge in [0.1, 0.15) is 11.3 Å². The number of nitrogens with zero attached hydrogens (tertiary/aromatic N) is 3. The Labute approximate surface area is 130 Å². The second-order valence-electron chi connectivity index (χ2n) is 4.33. The van der Waals surface area contributed by atoms with Crippen LogP contribution in [0.2, 0.25) is 0 Å². The van der Waals surface area contributed by atoms with Gasteiger partial charge in [-0.3, -0.25) is 20.0 Å². The summed E-state index contributed by atoms with van der Waals surface area (Å²) in [6, 6.07) is 3.96. The molecule has 2 rings (SSSR count). The van der Waals surface area contributed by atoms with Crippen molar-refractivity contribution in [3.05, 3.63) is 44.5 Å². The summed E-state index contributed by atoms with van der Waals surface area (Å²) in [5, 5.41) is 20.1. The maximum absolute atomic E-state index is 12.2. The van der Waals surface area contributed by atoms with Gasteiger partial charge in [-0.2, -0.15) is 5.10 Å². The summed E-state index contributed by atoms with van der Waals surface area (Å²) >= 11 is 4.96. The number of methoxy groups -OCH3 is 1. The quantitative estimate of drug-likeness (QED) is 0.487. The largest absolute Gasteiger partial charge is 0.497 e. The molecular weight excluding hydrogens is 310 g/mol. The molecule has 0 fully saturated rings. The molecule has 0 unspecified atom stereocenters. The zero-order valence-corrected chi connectivity index (χ0v) is 12.6. The number of carbonyl (C=O) groups excluding carboxylic acids is 1. The molecule has 1 aromatic heterocycles. The van der Waals surface area contributed by atoms with Gasteiger partial charge in [0.25, 0.3) is 11.6 Å². The van der Waals surface area contributed by atoms with Gasteiger partial charge in [0, 0.05) is 13.1 Å². The molecule has 0 spiro atoms. The van der Waals surface area contributed by atoms with E-state index in [1.165, 1.54) is 25.3 Å². The van der Waals surface area contributed by atoms with Crippen LogP contribution >= 0.6 is 12.2 Å². The third-order valence-electron chi connectivity index (χ3n) is 3.02. The van der Waals surface area contributed by atoms with Crippen LogP contribution in [0.15, 0.2) is 18.2 Å². The minimum absolute atomic E-state index is 0.0802. The summed E-state index contributed by atoms with van der Waals surface area (Å²) in [6.45, 7) is 0.0802. The van der Waals surface area contributed by atoms with E-state index in [1.807, 2.05) is 0 Å². The Balaban J connectivity index is 2.23. The lowest BCUT2D eigenvalue weighted by atomic mass is 10.1. The number of benzene rings is 1. The summed E-state index contributed by atoms with van der Waals surface area (Å²) in [5.74, 6) is 0.261. The number of rotatable bonds is 5. The fourth-order valence-electron chi connectivity index (χ4n) is 1.78. The van der Waals surface area contributed by atoms with Crippen molar-refractivity contribution in [1.82, 2.24) is 20.1 Å². The number of nitro benzene ring substituents is 1. The van der Waals surface area contributed by atoms with Gasteiger partial charge < -0.3 is 14.6 Å². The molecule has 2 aromatic rings. The molecule has 0 aliphatic carbocycles. The predicted molar refractivity (Wildman–Crippen MR) is 79.2 cm³/mol. The summed E-state index contributed by atoms with van der Waals surface area (Å²) in [6.07, 6.45) is 0. The topological polar surface area (TPSA) is 115 Å². The summed E-state index contributed by atoms with van der Waals surface area (Å²) in [4.78, 5) is 22.6. The van der Waals surface area contributed by atoms with Crippen molar-refractivity contribution >= 4 is 23.8 Å². The van der Waals surface area contributed by atoms with Gasteiger partial charge in [-0.05, 0) is 24.4 Å². The van der Waals surface area contributed by atoms with Gasteiger partial charge in [0.2, 0.25) is 0 Å². The van der Waals surface area contributed by atoms with E-state index in [-0.39, 0.29) is 17.8 Å². The van der Waals surface area contributed by atoms with Crippen LogP contribution in [0.4, 0.5) is 5.69 Å². The van der Waals surface area contributed by atoms with Crippen molar-refractivity contribution in [2.45, 2.75) is 6.54 Å². The fraction of sp³-hybridized carbons (Fsp3) is 0.250. The number of H-pyrrole nitrogens is 1. The van der Waals surface area contributed by atoms with E-state index in [0.29, 0.717) is 16.3 Å². The second kappa shape index (κ2) is 6.35. The van der Waals surface area contributed by atoms with Crippen LogP contribution in [-0.4, -0.2) is 32.7 Å². The van der Waals surface area contributed by atoms with E-state index in [1.54, 1.807) is 11.6 Å². The predicted octanol–water partition coefficient (Wildman–Crippen LogP) is 1.32.